The predicted molar refractivity (Wildman–Crippen MR) is 91.5 cm³/mol. The molecule has 0 aliphatic heterocycles. The van der Waals surface area contributed by atoms with Crippen molar-refractivity contribution < 1.29 is 19.4 Å². The van der Waals surface area contributed by atoms with E-state index < -0.39 is 5.97 Å². The maximum Gasteiger partial charge on any atom is 0.336 e. The fraction of sp³-hybridized carbons (Fsp3) is 0.111. The van der Waals surface area contributed by atoms with E-state index in [0.717, 1.165) is 0 Å². The van der Waals surface area contributed by atoms with Gasteiger partial charge in [0.1, 0.15) is 5.82 Å². The molecule has 0 unspecified atom stereocenters. The average Bonchev–Trinajstić information content (AvgIpc) is 2.60. The lowest BCUT2D eigenvalue weighted by atomic mass is 10.1. The smallest absolute Gasteiger partial charge is 0.336 e. The van der Waals surface area contributed by atoms with Gasteiger partial charge in [0.25, 0.3) is 0 Å². The molecule has 3 rings (SSSR count). The molecule has 0 radical (unpaired) electrons. The molecule has 2 aromatic carbocycles. The highest BCUT2D eigenvalue weighted by atomic mass is 16.5. The molecule has 0 saturated heterocycles. The Morgan fingerprint density at radius 2 is 1.79 bits per heavy atom. The van der Waals surface area contributed by atoms with E-state index in [9.17, 15) is 9.90 Å². The first-order valence-corrected chi connectivity index (χ1v) is 7.24. The van der Waals surface area contributed by atoms with Crippen LogP contribution < -0.4 is 14.8 Å². The number of carboxylic acid groups (broad SMARTS) is 1. The molecule has 1 aromatic heterocycles. The minimum atomic E-state index is -0.996. The summed E-state index contributed by atoms with van der Waals surface area (Å²) in [6.45, 7) is 0. The maximum atomic E-state index is 11.5. The summed E-state index contributed by atoms with van der Waals surface area (Å²) in [6, 6.07) is 14.0. The van der Waals surface area contributed by atoms with Crippen molar-refractivity contribution in [2.75, 3.05) is 19.5 Å². The molecule has 0 amide bonds. The van der Waals surface area contributed by atoms with E-state index in [1.165, 1.54) is 6.07 Å². The highest BCUT2D eigenvalue weighted by Crippen LogP contribution is 2.31. The summed E-state index contributed by atoms with van der Waals surface area (Å²) in [5, 5.41) is 13.1. The van der Waals surface area contributed by atoms with Gasteiger partial charge in [-0.3, -0.25) is 0 Å². The SMILES string of the molecule is COc1ccc(Nc2cc(C(=O)O)c3ccccc3n2)cc1OC. The minimum Gasteiger partial charge on any atom is -0.493 e. The number of hydrogen-bond acceptors (Lipinski definition) is 5. The third-order valence-corrected chi connectivity index (χ3v) is 3.60. The fourth-order valence-electron chi connectivity index (χ4n) is 2.48. The van der Waals surface area contributed by atoms with Gasteiger partial charge in [0, 0.05) is 17.1 Å². The summed E-state index contributed by atoms with van der Waals surface area (Å²) >= 11 is 0. The van der Waals surface area contributed by atoms with Crippen molar-refractivity contribution in [3.05, 3.63) is 54.1 Å². The summed E-state index contributed by atoms with van der Waals surface area (Å²) in [5.41, 5.74) is 1.52. The molecular weight excluding hydrogens is 308 g/mol. The van der Waals surface area contributed by atoms with Crippen LogP contribution >= 0.6 is 0 Å². The molecule has 6 heteroatoms. The second-order valence-corrected chi connectivity index (χ2v) is 5.07. The van der Waals surface area contributed by atoms with Gasteiger partial charge in [0.2, 0.25) is 0 Å². The van der Waals surface area contributed by atoms with Crippen molar-refractivity contribution in [3.63, 3.8) is 0 Å². The monoisotopic (exact) mass is 324 g/mol. The third-order valence-electron chi connectivity index (χ3n) is 3.60. The second-order valence-electron chi connectivity index (χ2n) is 5.07. The topological polar surface area (TPSA) is 80.7 Å². The van der Waals surface area contributed by atoms with E-state index in [2.05, 4.69) is 10.3 Å². The molecule has 0 saturated carbocycles. The van der Waals surface area contributed by atoms with Crippen LogP contribution in [0.2, 0.25) is 0 Å². The van der Waals surface area contributed by atoms with Crippen LogP contribution in [0.3, 0.4) is 0 Å². The van der Waals surface area contributed by atoms with E-state index in [4.69, 9.17) is 9.47 Å². The van der Waals surface area contributed by atoms with Gasteiger partial charge in [-0.15, -0.1) is 0 Å². The average molecular weight is 324 g/mol. The second kappa shape index (κ2) is 6.45. The molecule has 0 atom stereocenters. The van der Waals surface area contributed by atoms with Crippen LogP contribution in [0.15, 0.2) is 48.5 Å². The lowest BCUT2D eigenvalue weighted by Crippen LogP contribution is -2.02. The van der Waals surface area contributed by atoms with E-state index in [1.807, 2.05) is 6.07 Å². The number of ether oxygens (including phenoxy) is 2. The van der Waals surface area contributed by atoms with Crippen molar-refractivity contribution in [1.29, 1.82) is 0 Å². The van der Waals surface area contributed by atoms with E-state index in [1.54, 1.807) is 50.6 Å². The van der Waals surface area contributed by atoms with Gasteiger partial charge in [-0.2, -0.15) is 0 Å². The van der Waals surface area contributed by atoms with Crippen LogP contribution in [0, 0.1) is 0 Å². The Bertz CT molecular complexity index is 909. The fourth-order valence-corrected chi connectivity index (χ4v) is 2.48. The van der Waals surface area contributed by atoms with Crippen molar-refractivity contribution in [3.8, 4) is 11.5 Å². The van der Waals surface area contributed by atoms with Crippen LogP contribution in [-0.4, -0.2) is 30.3 Å². The molecular formula is C18H16N2O4. The quantitative estimate of drug-likeness (QED) is 0.745. The van der Waals surface area contributed by atoms with Gasteiger partial charge in [-0.05, 0) is 24.3 Å². The number of fused-ring (bicyclic) bond motifs is 1. The van der Waals surface area contributed by atoms with Crippen LogP contribution in [0.5, 0.6) is 11.5 Å². The van der Waals surface area contributed by atoms with Gasteiger partial charge in [0.15, 0.2) is 11.5 Å². The normalized spacial score (nSPS) is 10.4. The van der Waals surface area contributed by atoms with Crippen molar-refractivity contribution in [2.45, 2.75) is 0 Å². The van der Waals surface area contributed by atoms with Crippen LogP contribution in [0.1, 0.15) is 10.4 Å². The lowest BCUT2D eigenvalue weighted by Gasteiger charge is -2.12. The number of aromatic carboxylic acids is 1. The number of rotatable bonds is 5. The number of hydrogen-bond donors (Lipinski definition) is 2. The Morgan fingerprint density at radius 3 is 2.50 bits per heavy atom. The minimum absolute atomic E-state index is 0.198. The summed E-state index contributed by atoms with van der Waals surface area (Å²) < 4.78 is 10.5. The standard InChI is InChI=1S/C18H16N2O4/c1-23-15-8-7-11(9-16(15)24-2)19-17-10-13(18(21)22)12-5-3-4-6-14(12)20-17/h3-10H,1-2H3,(H,19,20)(H,21,22). The Kier molecular flexibility index (Phi) is 4.20. The number of carbonyl (C=O) groups is 1. The molecule has 122 valence electrons. The Labute approximate surface area is 138 Å². The van der Waals surface area contributed by atoms with Gasteiger partial charge in [-0.1, -0.05) is 18.2 Å². The number of nitrogens with zero attached hydrogens (tertiary/aromatic N) is 1. The van der Waals surface area contributed by atoms with Gasteiger partial charge < -0.3 is 19.9 Å². The number of benzene rings is 2. The largest absolute Gasteiger partial charge is 0.493 e. The molecule has 2 N–H and O–H groups in total. The number of para-hydroxylation sites is 1. The molecule has 0 aliphatic rings. The van der Waals surface area contributed by atoms with E-state index in [0.29, 0.717) is 33.9 Å². The first-order valence-electron chi connectivity index (χ1n) is 7.24. The Morgan fingerprint density at radius 1 is 1.04 bits per heavy atom. The zero-order valence-corrected chi connectivity index (χ0v) is 13.2. The number of aromatic nitrogens is 1. The van der Waals surface area contributed by atoms with Gasteiger partial charge in [-0.25, -0.2) is 9.78 Å². The highest BCUT2D eigenvalue weighted by Gasteiger charge is 2.12. The summed E-state index contributed by atoms with van der Waals surface area (Å²) in [5.74, 6) is 0.629. The zero-order chi connectivity index (χ0) is 17.1. The van der Waals surface area contributed by atoms with E-state index >= 15 is 0 Å². The molecule has 6 nitrogen and oxygen atoms in total. The molecule has 0 aliphatic carbocycles. The number of methoxy groups -OCH3 is 2. The van der Waals surface area contributed by atoms with E-state index in [-0.39, 0.29) is 5.56 Å². The first kappa shape index (κ1) is 15.6. The van der Waals surface area contributed by atoms with Crippen molar-refractivity contribution >= 4 is 28.4 Å². The van der Waals surface area contributed by atoms with Crippen molar-refractivity contribution in [1.82, 2.24) is 4.98 Å². The molecule has 1 heterocycles. The highest BCUT2D eigenvalue weighted by molar-refractivity contribution is 6.03. The number of anilines is 2. The van der Waals surface area contributed by atoms with Gasteiger partial charge in [0.05, 0.1) is 25.3 Å². The molecule has 0 bridgehead atoms. The molecule has 3 aromatic rings. The Hall–Kier alpha value is -3.28. The number of nitrogens with one attached hydrogen (secondary N) is 1. The zero-order valence-electron chi connectivity index (χ0n) is 13.2. The predicted octanol–water partition coefficient (Wildman–Crippen LogP) is 3.69. The summed E-state index contributed by atoms with van der Waals surface area (Å²) in [7, 11) is 3.12. The van der Waals surface area contributed by atoms with Crippen molar-refractivity contribution in [2.24, 2.45) is 0 Å². The third kappa shape index (κ3) is 2.94. The lowest BCUT2D eigenvalue weighted by molar-refractivity contribution is 0.0699. The molecule has 0 spiro atoms. The number of carboxylic acids is 1. The Balaban J connectivity index is 2.03. The van der Waals surface area contributed by atoms with Crippen LogP contribution in [-0.2, 0) is 0 Å². The summed E-state index contributed by atoms with van der Waals surface area (Å²) in [4.78, 5) is 16.0. The molecule has 0 fully saturated rings. The van der Waals surface area contributed by atoms with Gasteiger partial charge >= 0.3 is 5.97 Å². The van der Waals surface area contributed by atoms with Crippen LogP contribution in [0.4, 0.5) is 11.5 Å². The van der Waals surface area contributed by atoms with Crippen LogP contribution in [0.25, 0.3) is 10.9 Å². The first-order chi connectivity index (χ1) is 11.6. The molecule has 24 heavy (non-hydrogen) atoms. The number of pyridine rings is 1. The maximum absolute atomic E-state index is 11.5. The summed E-state index contributed by atoms with van der Waals surface area (Å²) in [6.07, 6.45) is 0.